The predicted octanol–water partition coefficient (Wildman–Crippen LogP) is 3.17. The first-order valence-electron chi connectivity index (χ1n) is 7.15. The molecule has 0 fully saturated rings. The zero-order chi connectivity index (χ0) is 14.5. The standard InChI is InChI=1S/C16H22FN3/c1-4-18-10-6-9-16-12(2)19-20(13(16)3)15-8-5-7-14(17)11-15/h5,7-8,11,18H,4,6,9-10H2,1-3H3. The van der Waals surface area contributed by atoms with E-state index in [9.17, 15) is 4.39 Å². The quantitative estimate of drug-likeness (QED) is 0.821. The van der Waals surface area contributed by atoms with E-state index in [4.69, 9.17) is 0 Å². The van der Waals surface area contributed by atoms with Gasteiger partial charge in [0.15, 0.2) is 0 Å². The molecule has 0 radical (unpaired) electrons. The van der Waals surface area contributed by atoms with Crippen LogP contribution < -0.4 is 5.32 Å². The van der Waals surface area contributed by atoms with E-state index >= 15 is 0 Å². The molecule has 0 aliphatic heterocycles. The molecule has 1 aromatic carbocycles. The number of halogens is 1. The Kier molecular flexibility index (Phi) is 4.90. The summed E-state index contributed by atoms with van der Waals surface area (Å²) < 4.78 is 15.2. The van der Waals surface area contributed by atoms with Crippen LogP contribution in [0.4, 0.5) is 4.39 Å². The average molecular weight is 275 g/mol. The third-order valence-corrected chi connectivity index (χ3v) is 3.52. The van der Waals surface area contributed by atoms with Crippen molar-refractivity contribution in [3.05, 3.63) is 47.0 Å². The highest BCUT2D eigenvalue weighted by molar-refractivity contribution is 5.37. The van der Waals surface area contributed by atoms with Crippen LogP contribution in [-0.2, 0) is 6.42 Å². The van der Waals surface area contributed by atoms with Crippen molar-refractivity contribution in [1.82, 2.24) is 15.1 Å². The molecule has 0 aliphatic rings. The molecule has 1 aromatic heterocycles. The van der Waals surface area contributed by atoms with Crippen LogP contribution in [0.2, 0.25) is 0 Å². The van der Waals surface area contributed by atoms with E-state index in [2.05, 4.69) is 17.3 Å². The van der Waals surface area contributed by atoms with Crippen molar-refractivity contribution in [2.24, 2.45) is 0 Å². The summed E-state index contributed by atoms with van der Waals surface area (Å²) in [6, 6.07) is 6.56. The largest absolute Gasteiger partial charge is 0.317 e. The molecule has 2 rings (SSSR count). The number of hydrogen-bond acceptors (Lipinski definition) is 2. The first-order chi connectivity index (χ1) is 9.63. The maximum absolute atomic E-state index is 13.3. The van der Waals surface area contributed by atoms with E-state index in [0.29, 0.717) is 0 Å². The van der Waals surface area contributed by atoms with Gasteiger partial charge in [-0.15, -0.1) is 0 Å². The Morgan fingerprint density at radius 2 is 2.10 bits per heavy atom. The molecule has 4 heteroatoms. The topological polar surface area (TPSA) is 29.9 Å². The van der Waals surface area contributed by atoms with Crippen LogP contribution in [0.5, 0.6) is 0 Å². The molecular weight excluding hydrogens is 253 g/mol. The normalized spacial score (nSPS) is 11.0. The van der Waals surface area contributed by atoms with E-state index in [-0.39, 0.29) is 5.82 Å². The van der Waals surface area contributed by atoms with Crippen LogP contribution in [-0.4, -0.2) is 22.9 Å². The first kappa shape index (κ1) is 14.7. The van der Waals surface area contributed by atoms with Gasteiger partial charge in [-0.05, 0) is 63.5 Å². The summed E-state index contributed by atoms with van der Waals surface area (Å²) in [7, 11) is 0. The number of nitrogens with zero attached hydrogens (tertiary/aromatic N) is 2. The molecular formula is C16H22FN3. The molecule has 3 nitrogen and oxygen atoms in total. The maximum atomic E-state index is 13.3. The molecule has 2 aromatic rings. The number of aryl methyl sites for hydroxylation is 1. The minimum absolute atomic E-state index is 0.233. The summed E-state index contributed by atoms with van der Waals surface area (Å²) in [5.41, 5.74) is 4.18. The maximum Gasteiger partial charge on any atom is 0.125 e. The molecule has 20 heavy (non-hydrogen) atoms. The van der Waals surface area contributed by atoms with Crippen LogP contribution in [0.25, 0.3) is 5.69 Å². The lowest BCUT2D eigenvalue weighted by Gasteiger charge is -2.06. The molecule has 0 saturated heterocycles. The minimum atomic E-state index is -0.233. The molecule has 0 bridgehead atoms. The van der Waals surface area contributed by atoms with Gasteiger partial charge in [-0.2, -0.15) is 5.10 Å². The fourth-order valence-electron chi connectivity index (χ4n) is 2.46. The van der Waals surface area contributed by atoms with Gasteiger partial charge in [0.05, 0.1) is 11.4 Å². The van der Waals surface area contributed by atoms with Gasteiger partial charge in [-0.1, -0.05) is 13.0 Å². The van der Waals surface area contributed by atoms with Gasteiger partial charge in [0, 0.05) is 5.69 Å². The van der Waals surface area contributed by atoms with Crippen molar-refractivity contribution in [1.29, 1.82) is 0 Å². The Labute approximate surface area is 119 Å². The van der Waals surface area contributed by atoms with Crippen molar-refractivity contribution in [3.63, 3.8) is 0 Å². The smallest absolute Gasteiger partial charge is 0.125 e. The summed E-state index contributed by atoms with van der Waals surface area (Å²) in [4.78, 5) is 0. The van der Waals surface area contributed by atoms with Crippen molar-refractivity contribution in [2.45, 2.75) is 33.6 Å². The summed E-state index contributed by atoms with van der Waals surface area (Å²) in [5, 5.41) is 7.88. The number of rotatable bonds is 6. The van der Waals surface area contributed by atoms with Gasteiger partial charge in [0.25, 0.3) is 0 Å². The van der Waals surface area contributed by atoms with E-state index in [1.54, 1.807) is 6.07 Å². The highest BCUT2D eigenvalue weighted by Gasteiger charge is 2.12. The number of aromatic nitrogens is 2. The first-order valence-corrected chi connectivity index (χ1v) is 7.15. The van der Waals surface area contributed by atoms with Crippen molar-refractivity contribution < 1.29 is 4.39 Å². The Bertz CT molecular complexity index is 575. The van der Waals surface area contributed by atoms with Gasteiger partial charge in [-0.3, -0.25) is 0 Å². The third-order valence-electron chi connectivity index (χ3n) is 3.52. The van der Waals surface area contributed by atoms with Gasteiger partial charge >= 0.3 is 0 Å². The molecule has 0 unspecified atom stereocenters. The zero-order valence-electron chi connectivity index (χ0n) is 12.4. The molecule has 1 N–H and O–H groups in total. The SMILES string of the molecule is CCNCCCc1c(C)nn(-c2cccc(F)c2)c1C. The van der Waals surface area contributed by atoms with Gasteiger partial charge < -0.3 is 5.32 Å². The lowest BCUT2D eigenvalue weighted by molar-refractivity contribution is 0.625. The number of nitrogens with one attached hydrogen (secondary N) is 1. The Balaban J connectivity index is 2.20. The Hall–Kier alpha value is -1.68. The summed E-state index contributed by atoms with van der Waals surface area (Å²) in [6.45, 7) is 8.19. The molecule has 0 aliphatic carbocycles. The van der Waals surface area contributed by atoms with E-state index < -0.39 is 0 Å². The van der Waals surface area contributed by atoms with Gasteiger partial charge in [0.2, 0.25) is 0 Å². The third kappa shape index (κ3) is 3.25. The predicted molar refractivity (Wildman–Crippen MR) is 79.9 cm³/mol. The summed E-state index contributed by atoms with van der Waals surface area (Å²) >= 11 is 0. The van der Waals surface area contributed by atoms with Gasteiger partial charge in [-0.25, -0.2) is 9.07 Å². The highest BCUT2D eigenvalue weighted by atomic mass is 19.1. The van der Waals surface area contributed by atoms with Crippen LogP contribution >= 0.6 is 0 Å². The Morgan fingerprint density at radius 1 is 1.30 bits per heavy atom. The highest BCUT2D eigenvalue weighted by Crippen LogP contribution is 2.19. The molecule has 1 heterocycles. The van der Waals surface area contributed by atoms with E-state index in [0.717, 1.165) is 43.0 Å². The average Bonchev–Trinajstić information content (AvgIpc) is 2.71. The van der Waals surface area contributed by atoms with Crippen LogP contribution in [0.3, 0.4) is 0 Å². The Morgan fingerprint density at radius 3 is 2.80 bits per heavy atom. The molecule has 0 atom stereocenters. The van der Waals surface area contributed by atoms with Crippen LogP contribution in [0.15, 0.2) is 24.3 Å². The van der Waals surface area contributed by atoms with Crippen LogP contribution in [0.1, 0.15) is 30.3 Å². The van der Waals surface area contributed by atoms with Crippen molar-refractivity contribution in [2.75, 3.05) is 13.1 Å². The summed E-state index contributed by atoms with van der Waals surface area (Å²) in [5.74, 6) is -0.233. The fraction of sp³-hybridized carbons (Fsp3) is 0.438. The zero-order valence-corrected chi connectivity index (χ0v) is 12.4. The second kappa shape index (κ2) is 6.66. The monoisotopic (exact) mass is 275 g/mol. The minimum Gasteiger partial charge on any atom is -0.317 e. The van der Waals surface area contributed by atoms with Crippen LogP contribution in [0, 0.1) is 19.7 Å². The van der Waals surface area contributed by atoms with Gasteiger partial charge in [0.1, 0.15) is 5.82 Å². The number of benzene rings is 1. The van der Waals surface area contributed by atoms with Crippen molar-refractivity contribution in [3.8, 4) is 5.69 Å². The molecule has 0 amide bonds. The molecule has 108 valence electrons. The number of hydrogen-bond donors (Lipinski definition) is 1. The van der Waals surface area contributed by atoms with E-state index in [1.165, 1.54) is 17.7 Å². The molecule has 0 spiro atoms. The second-order valence-electron chi connectivity index (χ2n) is 5.00. The van der Waals surface area contributed by atoms with E-state index in [1.807, 2.05) is 24.6 Å². The fourth-order valence-corrected chi connectivity index (χ4v) is 2.46. The lowest BCUT2D eigenvalue weighted by atomic mass is 10.1. The summed E-state index contributed by atoms with van der Waals surface area (Å²) in [6.07, 6.45) is 2.09. The second-order valence-corrected chi connectivity index (χ2v) is 5.00. The lowest BCUT2D eigenvalue weighted by Crippen LogP contribution is -2.14. The van der Waals surface area contributed by atoms with Crippen molar-refractivity contribution >= 4 is 0 Å². The molecule has 0 saturated carbocycles.